The van der Waals surface area contributed by atoms with Crippen molar-refractivity contribution in [2.45, 2.75) is 5.41 Å². The van der Waals surface area contributed by atoms with Crippen LogP contribution in [0.1, 0.15) is 22.3 Å². The van der Waals surface area contributed by atoms with Crippen LogP contribution in [-0.2, 0) is 5.41 Å². The average molecular weight is 586 g/mol. The summed E-state index contributed by atoms with van der Waals surface area (Å²) in [5, 5.41) is 0. The molecule has 0 bridgehead atoms. The van der Waals surface area contributed by atoms with Crippen LogP contribution in [0.3, 0.4) is 0 Å². The van der Waals surface area contributed by atoms with E-state index in [2.05, 4.69) is 156 Å². The van der Waals surface area contributed by atoms with Gasteiger partial charge in [0.05, 0.1) is 33.5 Å². The number of rotatable bonds is 3. The van der Waals surface area contributed by atoms with Crippen molar-refractivity contribution in [2.24, 2.45) is 0 Å². The highest BCUT2D eigenvalue weighted by Crippen LogP contribution is 2.60. The van der Waals surface area contributed by atoms with Crippen LogP contribution in [0.4, 0.5) is 0 Å². The van der Waals surface area contributed by atoms with Gasteiger partial charge in [0.2, 0.25) is 0 Å². The van der Waals surface area contributed by atoms with Gasteiger partial charge in [-0.2, -0.15) is 0 Å². The van der Waals surface area contributed by atoms with Crippen LogP contribution in [0.2, 0.25) is 0 Å². The fraction of sp³-hybridized carbons (Fsp3) is 0.0233. The summed E-state index contributed by atoms with van der Waals surface area (Å²) in [4.78, 5) is 10.6. The standard InChI is InChI=1S/C43H27N3/c1-3-14-28(15-4-1)38-26-30(27-39(44-38)29-16-5-2-6-17-29)42-45-37-24-13-23-36-41(37)46(42)40-25-12-11-22-35(40)43(36)33-20-9-7-18-31(33)32-19-8-10-21-34(32)43/h1-27H. The van der Waals surface area contributed by atoms with E-state index in [1.807, 2.05) is 12.1 Å². The van der Waals surface area contributed by atoms with Gasteiger partial charge in [-0.1, -0.05) is 140 Å². The summed E-state index contributed by atoms with van der Waals surface area (Å²) in [5.41, 5.74) is 15.7. The van der Waals surface area contributed by atoms with Crippen molar-refractivity contribution in [3.05, 3.63) is 186 Å². The summed E-state index contributed by atoms with van der Waals surface area (Å²) < 4.78 is 2.40. The quantitative estimate of drug-likeness (QED) is 0.207. The molecule has 214 valence electrons. The third kappa shape index (κ3) is 3.32. The molecule has 8 aromatic rings. The molecule has 3 heteroatoms. The first-order chi connectivity index (χ1) is 22.8. The van der Waals surface area contributed by atoms with E-state index >= 15 is 0 Å². The average Bonchev–Trinajstić information content (AvgIpc) is 3.67. The lowest BCUT2D eigenvalue weighted by molar-refractivity contribution is 0.746. The van der Waals surface area contributed by atoms with Crippen molar-refractivity contribution >= 4 is 11.0 Å². The molecule has 1 spiro atoms. The fourth-order valence-corrected chi connectivity index (χ4v) is 7.98. The Labute approximate surface area is 267 Å². The van der Waals surface area contributed by atoms with Gasteiger partial charge in [0.25, 0.3) is 0 Å². The molecule has 0 fully saturated rings. The molecule has 10 rings (SSSR count). The Bertz CT molecular complexity index is 2370. The van der Waals surface area contributed by atoms with E-state index in [-0.39, 0.29) is 0 Å². The van der Waals surface area contributed by atoms with Gasteiger partial charge in [-0.15, -0.1) is 0 Å². The van der Waals surface area contributed by atoms with Crippen LogP contribution < -0.4 is 0 Å². The highest BCUT2D eigenvalue weighted by Gasteiger charge is 2.50. The van der Waals surface area contributed by atoms with Crippen molar-refractivity contribution < 1.29 is 0 Å². The summed E-state index contributed by atoms with van der Waals surface area (Å²) in [7, 11) is 0. The van der Waals surface area contributed by atoms with Gasteiger partial charge >= 0.3 is 0 Å². The van der Waals surface area contributed by atoms with E-state index in [4.69, 9.17) is 9.97 Å². The number of para-hydroxylation sites is 2. The molecule has 46 heavy (non-hydrogen) atoms. The van der Waals surface area contributed by atoms with Crippen LogP contribution in [0, 0.1) is 0 Å². The lowest BCUT2D eigenvalue weighted by Gasteiger charge is -2.39. The SMILES string of the molecule is c1ccc(-c2cc(-c3nc4cccc5c4n3-c3ccccc3C53c4ccccc4-c4ccccc43)cc(-c3ccccc3)n2)cc1. The number of aromatic nitrogens is 3. The van der Waals surface area contributed by atoms with Crippen molar-refractivity contribution in [2.75, 3.05) is 0 Å². The van der Waals surface area contributed by atoms with Gasteiger partial charge in [-0.05, 0) is 57.6 Å². The summed E-state index contributed by atoms with van der Waals surface area (Å²) in [6.07, 6.45) is 0. The fourth-order valence-electron chi connectivity index (χ4n) is 7.98. The molecule has 0 amide bonds. The molecule has 3 nitrogen and oxygen atoms in total. The van der Waals surface area contributed by atoms with Gasteiger partial charge in [0.15, 0.2) is 0 Å². The van der Waals surface area contributed by atoms with E-state index in [1.54, 1.807) is 0 Å². The first-order valence-corrected chi connectivity index (χ1v) is 15.8. The Morgan fingerprint density at radius 1 is 0.413 bits per heavy atom. The number of fused-ring (bicyclic) bond motifs is 9. The maximum Gasteiger partial charge on any atom is 0.145 e. The van der Waals surface area contributed by atoms with Crippen LogP contribution in [0.5, 0.6) is 0 Å². The minimum Gasteiger partial charge on any atom is -0.292 e. The van der Waals surface area contributed by atoms with Crippen molar-refractivity contribution in [3.63, 3.8) is 0 Å². The van der Waals surface area contributed by atoms with E-state index < -0.39 is 5.41 Å². The molecule has 3 heterocycles. The molecule has 0 saturated heterocycles. The number of imidazole rings is 1. The van der Waals surface area contributed by atoms with Gasteiger partial charge in [-0.3, -0.25) is 4.57 Å². The molecule has 0 unspecified atom stereocenters. The van der Waals surface area contributed by atoms with Crippen LogP contribution in [0.15, 0.2) is 164 Å². The first kappa shape index (κ1) is 25.3. The second-order valence-electron chi connectivity index (χ2n) is 12.2. The summed E-state index contributed by atoms with van der Waals surface area (Å²) in [6, 6.07) is 58.7. The van der Waals surface area contributed by atoms with Crippen LogP contribution in [-0.4, -0.2) is 14.5 Å². The Morgan fingerprint density at radius 2 is 0.935 bits per heavy atom. The zero-order valence-corrected chi connectivity index (χ0v) is 24.9. The lowest BCUT2D eigenvalue weighted by atomic mass is 9.65. The van der Waals surface area contributed by atoms with Crippen LogP contribution >= 0.6 is 0 Å². The smallest absolute Gasteiger partial charge is 0.145 e. The van der Waals surface area contributed by atoms with Crippen molar-refractivity contribution in [3.8, 4) is 50.7 Å². The molecule has 0 N–H and O–H groups in total. The normalized spacial score (nSPS) is 13.4. The Hall–Kier alpha value is -6.06. The van der Waals surface area contributed by atoms with E-state index in [9.17, 15) is 0 Å². The minimum absolute atomic E-state index is 0.445. The molecule has 2 aliphatic rings. The third-order valence-electron chi connectivity index (χ3n) is 9.80. The van der Waals surface area contributed by atoms with Crippen molar-refractivity contribution in [1.82, 2.24) is 14.5 Å². The second-order valence-corrected chi connectivity index (χ2v) is 12.2. The molecule has 0 atom stereocenters. The zero-order chi connectivity index (χ0) is 30.2. The van der Waals surface area contributed by atoms with Gasteiger partial charge in [-0.25, -0.2) is 9.97 Å². The van der Waals surface area contributed by atoms with Gasteiger partial charge < -0.3 is 0 Å². The molecule has 1 aliphatic heterocycles. The Kier molecular flexibility index (Phi) is 5.20. The number of hydrogen-bond acceptors (Lipinski definition) is 2. The summed E-state index contributed by atoms with van der Waals surface area (Å²) in [5.74, 6) is 0.918. The topological polar surface area (TPSA) is 30.7 Å². The molecular formula is C43H27N3. The predicted octanol–water partition coefficient (Wildman–Crippen LogP) is 10.1. The maximum atomic E-state index is 5.42. The highest BCUT2D eigenvalue weighted by molar-refractivity contribution is 5.97. The number of benzene rings is 6. The summed E-state index contributed by atoms with van der Waals surface area (Å²) in [6.45, 7) is 0. The van der Waals surface area contributed by atoms with Gasteiger partial charge in [0.1, 0.15) is 5.82 Å². The molecule has 0 radical (unpaired) electrons. The van der Waals surface area contributed by atoms with Crippen molar-refractivity contribution in [1.29, 1.82) is 0 Å². The molecule has 2 aromatic heterocycles. The van der Waals surface area contributed by atoms with Crippen LogP contribution in [0.25, 0.3) is 61.8 Å². The maximum absolute atomic E-state index is 5.42. The first-order valence-electron chi connectivity index (χ1n) is 15.8. The lowest BCUT2D eigenvalue weighted by Crippen LogP contribution is -2.33. The largest absolute Gasteiger partial charge is 0.292 e. The Morgan fingerprint density at radius 3 is 1.57 bits per heavy atom. The Balaban J connectivity index is 1.32. The monoisotopic (exact) mass is 585 g/mol. The third-order valence-corrected chi connectivity index (χ3v) is 9.80. The number of hydrogen-bond donors (Lipinski definition) is 0. The molecule has 6 aromatic carbocycles. The summed E-state index contributed by atoms with van der Waals surface area (Å²) >= 11 is 0. The highest BCUT2D eigenvalue weighted by atomic mass is 15.1. The van der Waals surface area contributed by atoms with Gasteiger partial charge in [0, 0.05) is 16.7 Å². The molecular weight excluding hydrogens is 558 g/mol. The molecule has 0 saturated carbocycles. The predicted molar refractivity (Wildman–Crippen MR) is 186 cm³/mol. The second kappa shape index (κ2) is 9.47. The molecule has 1 aliphatic carbocycles. The zero-order valence-electron chi connectivity index (χ0n) is 24.9. The minimum atomic E-state index is -0.445. The van der Waals surface area contributed by atoms with E-state index in [0.29, 0.717) is 0 Å². The van der Waals surface area contributed by atoms with E-state index in [0.717, 1.165) is 50.6 Å². The number of pyridine rings is 1. The number of nitrogens with zero attached hydrogens (tertiary/aromatic N) is 3. The van der Waals surface area contributed by atoms with E-state index in [1.165, 1.54) is 33.4 Å².